The van der Waals surface area contributed by atoms with E-state index in [4.69, 9.17) is 0 Å². The number of barbiturate groups is 1. The van der Waals surface area contributed by atoms with Crippen molar-refractivity contribution in [2.45, 2.75) is 6.42 Å². The first-order valence-corrected chi connectivity index (χ1v) is 7.64. The van der Waals surface area contributed by atoms with E-state index in [1.54, 1.807) is 5.41 Å². The smallest absolute Gasteiger partial charge is 0.318 e. The van der Waals surface area contributed by atoms with Gasteiger partial charge in [0.1, 0.15) is 0 Å². The van der Waals surface area contributed by atoms with Gasteiger partial charge in [-0.05, 0) is 22.4 Å². The van der Waals surface area contributed by atoms with Crippen LogP contribution >= 0.6 is 11.8 Å². The van der Waals surface area contributed by atoms with E-state index < -0.39 is 23.3 Å². The summed E-state index contributed by atoms with van der Waals surface area (Å²) in [5.74, 6) is -1.16. The Labute approximate surface area is 130 Å². The van der Waals surface area contributed by atoms with Gasteiger partial charge in [-0.25, -0.2) is 4.79 Å². The first-order chi connectivity index (χ1) is 10.6. The lowest BCUT2D eigenvalue weighted by atomic mass is 9.72. The van der Waals surface area contributed by atoms with E-state index in [1.165, 1.54) is 11.8 Å². The molecule has 1 fully saturated rings. The number of hydrogen-bond donors (Lipinski definition) is 2. The number of carbonyl (C=O) groups excluding carboxylic acids is 3. The van der Waals surface area contributed by atoms with Crippen LogP contribution in [0.25, 0.3) is 0 Å². The molecule has 0 saturated carbocycles. The molecule has 0 atom stereocenters. The number of rotatable bonds is 0. The van der Waals surface area contributed by atoms with Gasteiger partial charge >= 0.3 is 6.03 Å². The molecule has 4 amide bonds. The summed E-state index contributed by atoms with van der Waals surface area (Å²) in [6.07, 6.45) is 2.06. The molecule has 22 heavy (non-hydrogen) atoms. The summed E-state index contributed by atoms with van der Waals surface area (Å²) in [6, 6.07) is 6.84. The predicted octanol–water partition coefficient (Wildman–Crippen LogP) is 1.46. The summed E-state index contributed by atoms with van der Waals surface area (Å²) >= 11 is 1.40. The SMILES string of the molecule is O=C1NC(=O)C2(Cc3ccccc3N3C=CSC=C32)C(=O)N1. The zero-order valence-electron chi connectivity index (χ0n) is 11.3. The van der Waals surface area contributed by atoms with Gasteiger partial charge in [-0.15, -0.1) is 11.8 Å². The normalized spacial score (nSPS) is 21.7. The van der Waals surface area contributed by atoms with Crippen LogP contribution in [-0.2, 0) is 16.0 Å². The summed E-state index contributed by atoms with van der Waals surface area (Å²) < 4.78 is 0. The number of benzene rings is 1. The van der Waals surface area contributed by atoms with E-state index in [0.717, 1.165) is 11.3 Å². The van der Waals surface area contributed by atoms with Gasteiger partial charge in [0.05, 0.1) is 5.70 Å². The fourth-order valence-electron chi connectivity index (χ4n) is 3.07. The van der Waals surface area contributed by atoms with Crippen LogP contribution < -0.4 is 15.5 Å². The van der Waals surface area contributed by atoms with Crippen LogP contribution in [0.4, 0.5) is 10.5 Å². The quantitative estimate of drug-likeness (QED) is 0.709. The molecule has 0 radical (unpaired) electrons. The first kappa shape index (κ1) is 13.1. The fraction of sp³-hybridized carbons (Fsp3) is 0.133. The largest absolute Gasteiger partial charge is 0.328 e. The van der Waals surface area contributed by atoms with Gasteiger partial charge in [-0.3, -0.25) is 20.2 Å². The fourth-order valence-corrected chi connectivity index (χ4v) is 3.79. The number of hydrogen-bond acceptors (Lipinski definition) is 5. The second-order valence-corrected chi connectivity index (χ2v) is 6.02. The maximum atomic E-state index is 12.6. The number of carbonyl (C=O) groups is 3. The van der Waals surface area contributed by atoms with Gasteiger partial charge in [0.2, 0.25) is 11.8 Å². The minimum atomic E-state index is -1.42. The molecule has 110 valence electrons. The van der Waals surface area contributed by atoms with Gasteiger partial charge in [-0.2, -0.15) is 0 Å². The number of thioether (sulfide) groups is 1. The molecule has 1 aromatic rings. The third kappa shape index (κ3) is 1.59. The topological polar surface area (TPSA) is 78.5 Å². The lowest BCUT2D eigenvalue weighted by Gasteiger charge is -2.45. The summed E-state index contributed by atoms with van der Waals surface area (Å²) in [6.45, 7) is 0. The van der Waals surface area contributed by atoms with E-state index in [9.17, 15) is 14.4 Å². The average molecular weight is 313 g/mol. The number of nitrogens with zero attached hydrogens (tertiary/aromatic N) is 1. The Morgan fingerprint density at radius 3 is 2.59 bits per heavy atom. The van der Waals surface area contributed by atoms with Crippen molar-refractivity contribution in [3.05, 3.63) is 52.5 Å². The minimum Gasteiger partial charge on any atom is -0.318 e. The van der Waals surface area contributed by atoms with E-state index in [2.05, 4.69) is 10.6 Å². The molecule has 4 rings (SSSR count). The highest BCUT2D eigenvalue weighted by Crippen LogP contribution is 2.47. The number of urea groups is 1. The van der Waals surface area contributed by atoms with Crippen LogP contribution in [-0.4, -0.2) is 17.8 Å². The van der Waals surface area contributed by atoms with Crippen molar-refractivity contribution in [3.63, 3.8) is 0 Å². The molecular formula is C15H11N3O3S. The molecule has 2 N–H and O–H groups in total. The number of fused-ring (bicyclic) bond motifs is 4. The third-order valence-corrected chi connectivity index (χ3v) is 4.74. The lowest BCUT2D eigenvalue weighted by molar-refractivity contribution is -0.141. The summed E-state index contributed by atoms with van der Waals surface area (Å²) in [5, 5.41) is 8.11. The molecule has 6 nitrogen and oxygen atoms in total. The van der Waals surface area contributed by atoms with Gasteiger partial charge in [-0.1, -0.05) is 18.2 Å². The van der Waals surface area contributed by atoms with E-state index in [1.807, 2.05) is 40.8 Å². The molecule has 0 aliphatic carbocycles. The molecule has 0 bridgehead atoms. The van der Waals surface area contributed by atoms with Gasteiger partial charge in [0.25, 0.3) is 0 Å². The molecule has 3 aliphatic heterocycles. The third-order valence-electron chi connectivity index (χ3n) is 4.10. The van der Waals surface area contributed by atoms with Crippen molar-refractivity contribution in [2.24, 2.45) is 5.41 Å². The van der Waals surface area contributed by atoms with E-state index in [0.29, 0.717) is 5.70 Å². The van der Waals surface area contributed by atoms with Crippen LogP contribution in [0.3, 0.4) is 0 Å². The highest BCUT2D eigenvalue weighted by molar-refractivity contribution is 8.05. The Morgan fingerprint density at radius 2 is 1.82 bits per heavy atom. The van der Waals surface area contributed by atoms with Crippen molar-refractivity contribution >= 4 is 35.3 Å². The van der Waals surface area contributed by atoms with Gasteiger partial charge in [0.15, 0.2) is 5.41 Å². The van der Waals surface area contributed by atoms with Crippen LogP contribution in [0.15, 0.2) is 47.0 Å². The number of anilines is 1. The van der Waals surface area contributed by atoms with Gasteiger partial charge in [0, 0.05) is 18.3 Å². The highest BCUT2D eigenvalue weighted by atomic mass is 32.2. The molecule has 7 heteroatoms. The van der Waals surface area contributed by atoms with Crippen LogP contribution in [0.1, 0.15) is 5.56 Å². The lowest BCUT2D eigenvalue weighted by Crippen LogP contribution is -2.66. The Bertz CT molecular complexity index is 764. The second kappa shape index (κ2) is 4.48. The molecular weight excluding hydrogens is 302 g/mol. The van der Waals surface area contributed by atoms with Crippen molar-refractivity contribution < 1.29 is 14.4 Å². The summed E-state index contributed by atoms with van der Waals surface area (Å²) in [4.78, 5) is 38.4. The molecule has 1 saturated heterocycles. The number of amides is 4. The standard InChI is InChI=1S/C15H11N3O3S/c19-12-15(13(20)17-14(21)16-12)7-9-3-1-2-4-10(9)18-5-6-22-8-11(15)18/h1-6,8H,7H2,(H2,16,17,19,20,21). The van der Waals surface area contributed by atoms with E-state index in [-0.39, 0.29) is 6.42 Å². The minimum absolute atomic E-state index is 0.227. The van der Waals surface area contributed by atoms with Crippen molar-refractivity contribution in [2.75, 3.05) is 4.90 Å². The predicted molar refractivity (Wildman–Crippen MR) is 81.6 cm³/mol. The maximum absolute atomic E-state index is 12.6. The molecule has 1 aromatic carbocycles. The average Bonchev–Trinajstić information content (AvgIpc) is 2.52. The van der Waals surface area contributed by atoms with Crippen LogP contribution in [0.2, 0.25) is 0 Å². The summed E-state index contributed by atoms with van der Waals surface area (Å²) in [5.41, 5.74) is 0.977. The van der Waals surface area contributed by atoms with Crippen LogP contribution in [0.5, 0.6) is 0 Å². The second-order valence-electron chi connectivity index (χ2n) is 5.24. The zero-order chi connectivity index (χ0) is 15.3. The molecule has 0 unspecified atom stereocenters. The van der Waals surface area contributed by atoms with Crippen molar-refractivity contribution in [1.29, 1.82) is 0 Å². The summed E-state index contributed by atoms with van der Waals surface area (Å²) in [7, 11) is 0. The molecule has 3 aliphatic rings. The zero-order valence-corrected chi connectivity index (χ0v) is 12.1. The molecule has 1 spiro atoms. The Kier molecular flexibility index (Phi) is 2.67. The van der Waals surface area contributed by atoms with E-state index >= 15 is 0 Å². The number of imide groups is 2. The van der Waals surface area contributed by atoms with Crippen LogP contribution in [0, 0.1) is 5.41 Å². The molecule has 3 heterocycles. The molecule has 0 aromatic heterocycles. The Morgan fingerprint density at radius 1 is 1.09 bits per heavy atom. The highest BCUT2D eigenvalue weighted by Gasteiger charge is 2.57. The number of para-hydroxylation sites is 1. The first-order valence-electron chi connectivity index (χ1n) is 6.70. The Hall–Kier alpha value is -2.54. The van der Waals surface area contributed by atoms with Crippen molar-refractivity contribution in [3.8, 4) is 0 Å². The van der Waals surface area contributed by atoms with Crippen molar-refractivity contribution in [1.82, 2.24) is 10.6 Å². The number of nitrogens with one attached hydrogen (secondary N) is 2. The maximum Gasteiger partial charge on any atom is 0.328 e. The van der Waals surface area contributed by atoms with Gasteiger partial charge < -0.3 is 4.90 Å². The Balaban J connectivity index is 1.94. The monoisotopic (exact) mass is 313 g/mol.